The SMILES string of the molecule is C.COc1cc2c(cc1OCCCCCOc1cc3c(cc1C)C(=O)N1C=C(C)CC1C=N3)N(C)CC1CC(C)=CN1C2=O. The standard InChI is InChI=1S/C34H40N4O5.CH4/c1-21-11-24-17-35-28-15-30(23(3)13-26(28)33(39)37(24)18-21)42-9-7-6-8-10-43-32-16-29-27(14-31(32)41-5)34(40)38-19-22(2)12-25(38)20-36(29)4;/h13-19,24-25H,6-12,20H2,1-5H3;1H4. The number of carbonyl (C=O) groups excluding carboxylic acids is 2. The highest BCUT2D eigenvalue weighted by Gasteiger charge is 2.35. The molecule has 234 valence electrons. The molecule has 0 radical (unpaired) electrons. The first kappa shape index (κ1) is 31.2. The molecule has 0 spiro atoms. The Hall–Kier alpha value is -4.27. The second-order valence-corrected chi connectivity index (χ2v) is 12.1. The minimum Gasteiger partial charge on any atom is -0.493 e. The number of aryl methyl sites for hydroxylation is 1. The van der Waals surface area contributed by atoms with E-state index in [1.165, 1.54) is 11.1 Å². The summed E-state index contributed by atoms with van der Waals surface area (Å²) in [7, 11) is 3.63. The lowest BCUT2D eigenvalue weighted by molar-refractivity contribution is 0.0792. The zero-order valence-corrected chi connectivity index (χ0v) is 25.7. The molecule has 0 saturated carbocycles. The van der Waals surface area contributed by atoms with Gasteiger partial charge in [-0.1, -0.05) is 18.6 Å². The van der Waals surface area contributed by atoms with Crippen LogP contribution in [-0.4, -0.2) is 73.8 Å². The third-order valence-corrected chi connectivity index (χ3v) is 8.65. The molecule has 2 atom stereocenters. The summed E-state index contributed by atoms with van der Waals surface area (Å²) in [5.41, 5.74) is 6.10. The van der Waals surface area contributed by atoms with Crippen molar-refractivity contribution >= 4 is 29.4 Å². The van der Waals surface area contributed by atoms with E-state index in [0.29, 0.717) is 41.5 Å². The Bertz CT molecular complexity index is 1540. The van der Waals surface area contributed by atoms with E-state index in [0.717, 1.165) is 55.6 Å². The molecular weight excluding hydrogens is 556 g/mol. The van der Waals surface area contributed by atoms with E-state index in [-0.39, 0.29) is 31.3 Å². The highest BCUT2D eigenvalue weighted by atomic mass is 16.5. The Balaban J connectivity index is 0.00000384. The summed E-state index contributed by atoms with van der Waals surface area (Å²) in [6, 6.07) is 7.65. The van der Waals surface area contributed by atoms with Gasteiger partial charge in [-0.2, -0.15) is 0 Å². The minimum absolute atomic E-state index is 0. The van der Waals surface area contributed by atoms with Crippen molar-refractivity contribution < 1.29 is 23.8 Å². The number of amides is 2. The molecule has 4 heterocycles. The average molecular weight is 601 g/mol. The Morgan fingerprint density at radius 1 is 0.818 bits per heavy atom. The van der Waals surface area contributed by atoms with Crippen molar-refractivity contribution in [2.45, 2.75) is 72.4 Å². The van der Waals surface area contributed by atoms with Gasteiger partial charge in [0, 0.05) is 44.3 Å². The van der Waals surface area contributed by atoms with Gasteiger partial charge in [-0.25, -0.2) is 0 Å². The third-order valence-electron chi connectivity index (χ3n) is 8.65. The highest BCUT2D eigenvalue weighted by molar-refractivity contribution is 6.04. The van der Waals surface area contributed by atoms with E-state index < -0.39 is 0 Å². The molecule has 0 fully saturated rings. The highest BCUT2D eigenvalue weighted by Crippen LogP contribution is 2.40. The van der Waals surface area contributed by atoms with E-state index in [4.69, 9.17) is 14.2 Å². The van der Waals surface area contributed by atoms with Crippen LogP contribution in [0.4, 0.5) is 11.4 Å². The molecule has 9 nitrogen and oxygen atoms in total. The number of nitrogens with zero attached hydrogens (tertiary/aromatic N) is 4. The molecule has 2 aromatic rings. The summed E-state index contributed by atoms with van der Waals surface area (Å²) in [6.45, 7) is 7.94. The number of likely N-dealkylation sites (N-methyl/N-ethyl adjacent to an activating group) is 1. The van der Waals surface area contributed by atoms with Gasteiger partial charge in [0.1, 0.15) is 5.75 Å². The molecule has 0 bridgehead atoms. The van der Waals surface area contributed by atoms with Gasteiger partial charge in [-0.05, 0) is 70.6 Å². The fraction of sp³-hybridized carbons (Fsp3) is 0.457. The van der Waals surface area contributed by atoms with Crippen LogP contribution in [0.1, 0.15) is 79.7 Å². The maximum Gasteiger partial charge on any atom is 0.260 e. The first-order chi connectivity index (χ1) is 20.7. The molecule has 6 rings (SSSR count). The number of methoxy groups -OCH3 is 1. The van der Waals surface area contributed by atoms with E-state index in [1.807, 2.05) is 68.7 Å². The predicted octanol–water partition coefficient (Wildman–Crippen LogP) is 6.67. The van der Waals surface area contributed by atoms with Gasteiger partial charge in [-0.3, -0.25) is 14.6 Å². The van der Waals surface area contributed by atoms with Gasteiger partial charge in [0.05, 0.1) is 54.9 Å². The molecule has 2 amide bonds. The zero-order chi connectivity index (χ0) is 30.2. The van der Waals surface area contributed by atoms with Crippen LogP contribution in [0, 0.1) is 6.92 Å². The molecular formula is C35H44N4O5. The summed E-state index contributed by atoms with van der Waals surface area (Å²) in [6.07, 6.45) is 10.1. The van der Waals surface area contributed by atoms with Crippen LogP contribution in [0.2, 0.25) is 0 Å². The fourth-order valence-corrected chi connectivity index (χ4v) is 6.41. The van der Waals surface area contributed by atoms with E-state index in [1.54, 1.807) is 12.0 Å². The summed E-state index contributed by atoms with van der Waals surface area (Å²) < 4.78 is 17.9. The molecule has 0 aliphatic carbocycles. The largest absolute Gasteiger partial charge is 0.493 e. The number of ether oxygens (including phenoxy) is 3. The number of hydrogen-bond acceptors (Lipinski definition) is 7. The van der Waals surface area contributed by atoms with E-state index in [9.17, 15) is 9.59 Å². The van der Waals surface area contributed by atoms with E-state index in [2.05, 4.69) is 16.8 Å². The number of hydrogen-bond donors (Lipinski definition) is 0. The van der Waals surface area contributed by atoms with Crippen molar-refractivity contribution in [3.8, 4) is 17.2 Å². The molecule has 9 heteroatoms. The Labute approximate surface area is 260 Å². The molecule has 0 saturated heterocycles. The normalized spacial score (nSPS) is 20.1. The lowest BCUT2D eigenvalue weighted by Gasteiger charge is -2.24. The number of unbranched alkanes of at least 4 members (excludes halogenated alkanes) is 2. The second-order valence-electron chi connectivity index (χ2n) is 12.1. The molecule has 4 aliphatic heterocycles. The quantitative estimate of drug-likeness (QED) is 0.299. The van der Waals surface area contributed by atoms with Crippen molar-refractivity contribution in [1.29, 1.82) is 0 Å². The number of anilines is 1. The Morgan fingerprint density at radius 2 is 1.50 bits per heavy atom. The molecule has 2 unspecified atom stereocenters. The Kier molecular flexibility index (Phi) is 9.04. The van der Waals surface area contributed by atoms with Crippen LogP contribution in [0.3, 0.4) is 0 Å². The first-order valence-corrected chi connectivity index (χ1v) is 15.1. The van der Waals surface area contributed by atoms with Crippen LogP contribution in [0.15, 0.2) is 52.8 Å². The van der Waals surface area contributed by atoms with Crippen molar-refractivity contribution in [1.82, 2.24) is 9.80 Å². The van der Waals surface area contributed by atoms with Crippen LogP contribution < -0.4 is 19.1 Å². The summed E-state index contributed by atoms with van der Waals surface area (Å²) in [5.74, 6) is 1.96. The van der Waals surface area contributed by atoms with Crippen LogP contribution in [0.25, 0.3) is 0 Å². The fourth-order valence-electron chi connectivity index (χ4n) is 6.41. The van der Waals surface area contributed by atoms with Crippen LogP contribution in [0.5, 0.6) is 17.2 Å². The van der Waals surface area contributed by atoms with Crippen molar-refractivity contribution in [3.63, 3.8) is 0 Å². The van der Waals surface area contributed by atoms with Gasteiger partial charge < -0.3 is 28.9 Å². The second kappa shape index (κ2) is 12.8. The Morgan fingerprint density at radius 3 is 2.25 bits per heavy atom. The van der Waals surface area contributed by atoms with Crippen molar-refractivity contribution in [2.75, 3.05) is 38.8 Å². The monoisotopic (exact) mass is 600 g/mol. The third kappa shape index (κ3) is 5.92. The molecule has 44 heavy (non-hydrogen) atoms. The lowest BCUT2D eigenvalue weighted by atomic mass is 10.1. The van der Waals surface area contributed by atoms with Gasteiger partial charge in [-0.15, -0.1) is 0 Å². The van der Waals surface area contributed by atoms with Gasteiger partial charge in [0.15, 0.2) is 11.5 Å². The minimum atomic E-state index is -0.0135. The van der Waals surface area contributed by atoms with Gasteiger partial charge in [0.25, 0.3) is 11.8 Å². The number of benzene rings is 2. The maximum atomic E-state index is 13.3. The number of rotatable bonds is 9. The average Bonchev–Trinajstić information content (AvgIpc) is 3.50. The summed E-state index contributed by atoms with van der Waals surface area (Å²) in [4.78, 5) is 36.9. The molecule has 0 N–H and O–H groups in total. The topological polar surface area (TPSA) is 83.9 Å². The van der Waals surface area contributed by atoms with Crippen LogP contribution in [-0.2, 0) is 0 Å². The van der Waals surface area contributed by atoms with Gasteiger partial charge in [0.2, 0.25) is 0 Å². The number of carbonyl (C=O) groups is 2. The molecule has 2 aromatic carbocycles. The van der Waals surface area contributed by atoms with Crippen molar-refractivity contribution in [2.24, 2.45) is 4.99 Å². The number of aliphatic imine (C=N–C) groups is 1. The zero-order valence-electron chi connectivity index (χ0n) is 25.7. The van der Waals surface area contributed by atoms with E-state index >= 15 is 0 Å². The van der Waals surface area contributed by atoms with Crippen molar-refractivity contribution in [3.05, 3.63) is 64.5 Å². The first-order valence-electron chi connectivity index (χ1n) is 15.1. The number of fused-ring (bicyclic) bond motifs is 4. The lowest BCUT2D eigenvalue weighted by Crippen LogP contribution is -2.37. The smallest absolute Gasteiger partial charge is 0.260 e. The predicted molar refractivity (Wildman–Crippen MR) is 174 cm³/mol. The summed E-state index contributed by atoms with van der Waals surface area (Å²) >= 11 is 0. The summed E-state index contributed by atoms with van der Waals surface area (Å²) in [5, 5.41) is 0. The van der Waals surface area contributed by atoms with Crippen LogP contribution >= 0.6 is 0 Å². The molecule has 4 aliphatic rings. The maximum absolute atomic E-state index is 13.3. The van der Waals surface area contributed by atoms with Gasteiger partial charge >= 0.3 is 0 Å². The molecule has 0 aromatic heterocycles.